The van der Waals surface area contributed by atoms with E-state index in [1.807, 2.05) is 12.1 Å². The molecule has 0 heterocycles. The van der Waals surface area contributed by atoms with E-state index in [9.17, 15) is 4.79 Å². The quantitative estimate of drug-likeness (QED) is 0.261. The monoisotopic (exact) mass is 318 g/mol. The summed E-state index contributed by atoms with van der Waals surface area (Å²) in [5.41, 5.74) is 10.5. The number of azide groups is 1. The lowest BCUT2D eigenvalue weighted by Gasteiger charge is -2.14. The molecule has 1 aromatic carbocycles. The average molecular weight is 319 g/mol. The van der Waals surface area contributed by atoms with Gasteiger partial charge in [0, 0.05) is 32.4 Å². The highest BCUT2D eigenvalue weighted by molar-refractivity contribution is 7.98. The Morgan fingerprint density at radius 1 is 1.24 bits per heavy atom. The molecule has 0 atom stereocenters. The summed E-state index contributed by atoms with van der Waals surface area (Å²) in [6.07, 6.45) is 1.49. The van der Waals surface area contributed by atoms with Gasteiger partial charge in [0.1, 0.15) is 0 Å². The predicted octanol–water partition coefficient (Wildman–Crippen LogP) is 4.90. The zero-order valence-electron chi connectivity index (χ0n) is 11.4. The van der Waals surface area contributed by atoms with Gasteiger partial charge in [0.05, 0.1) is 11.4 Å². The number of carbonyl (C=O) groups excluding carboxylic acids is 1. The van der Waals surface area contributed by atoms with Gasteiger partial charge in [-0.15, -0.1) is 0 Å². The topological polar surface area (TPSA) is 78.2 Å². The molecule has 1 aliphatic rings. The lowest BCUT2D eigenvalue weighted by atomic mass is 9.96. The van der Waals surface area contributed by atoms with Gasteiger partial charge in [-0.05, 0) is 55.3 Å². The molecule has 2 rings (SSSR count). The third kappa shape index (κ3) is 3.55. The van der Waals surface area contributed by atoms with Crippen molar-refractivity contribution in [3.05, 3.63) is 62.7 Å². The molecule has 1 aromatic rings. The number of rotatable bonds is 3. The van der Waals surface area contributed by atoms with Crippen LogP contribution < -0.4 is 0 Å². The van der Waals surface area contributed by atoms with Gasteiger partial charge in [0.25, 0.3) is 0 Å². The Balaban J connectivity index is 2.37. The van der Waals surface area contributed by atoms with Crippen molar-refractivity contribution in [2.45, 2.75) is 18.7 Å². The van der Waals surface area contributed by atoms with Crippen molar-refractivity contribution >= 4 is 35.0 Å². The van der Waals surface area contributed by atoms with E-state index in [0.717, 1.165) is 4.90 Å². The number of hydrogen-bond acceptors (Lipinski definition) is 4. The summed E-state index contributed by atoms with van der Waals surface area (Å²) in [4.78, 5) is 15.4. The molecule has 1 aliphatic carbocycles. The molecule has 21 heavy (non-hydrogen) atoms. The first-order chi connectivity index (χ1) is 10.0. The summed E-state index contributed by atoms with van der Waals surface area (Å²) in [5, 5.41) is 4.26. The summed E-state index contributed by atoms with van der Waals surface area (Å²) < 4.78 is 4.40. The maximum Gasteiger partial charge on any atom is 0.182 e. The molecular weight excluding hydrogens is 308 g/mol. The Morgan fingerprint density at radius 3 is 2.52 bits per heavy atom. The van der Waals surface area contributed by atoms with Crippen LogP contribution in [-0.4, -0.2) is 11.5 Å². The molecule has 0 unspecified atom stereocenters. The van der Waals surface area contributed by atoms with Crippen molar-refractivity contribution in [2.24, 2.45) is 9.51 Å². The van der Waals surface area contributed by atoms with E-state index in [1.165, 1.54) is 18.0 Å². The van der Waals surface area contributed by atoms with Crippen molar-refractivity contribution in [3.8, 4) is 0 Å². The molecule has 0 bridgehead atoms. The number of carbonyl (C=O) groups is 1. The third-order valence-corrected chi connectivity index (χ3v) is 3.88. The molecule has 0 spiro atoms. The number of benzene rings is 1. The SMILES string of the molecule is CC1=CC(=O)C(C)=C(N=[N+]=[N-])C1=NSc1ccc(Cl)cc1. The molecule has 0 aromatic heterocycles. The summed E-state index contributed by atoms with van der Waals surface area (Å²) in [5.74, 6) is -0.162. The summed E-state index contributed by atoms with van der Waals surface area (Å²) in [6, 6.07) is 7.22. The van der Waals surface area contributed by atoms with Gasteiger partial charge < -0.3 is 0 Å². The van der Waals surface area contributed by atoms with Crippen molar-refractivity contribution in [1.82, 2.24) is 0 Å². The van der Waals surface area contributed by atoms with E-state index in [0.29, 0.717) is 21.9 Å². The first kappa shape index (κ1) is 15.4. The van der Waals surface area contributed by atoms with E-state index < -0.39 is 0 Å². The van der Waals surface area contributed by atoms with E-state index >= 15 is 0 Å². The van der Waals surface area contributed by atoms with Crippen LogP contribution in [0.3, 0.4) is 0 Å². The van der Waals surface area contributed by atoms with Crippen LogP contribution in [0.5, 0.6) is 0 Å². The van der Waals surface area contributed by atoms with Gasteiger partial charge in [0.15, 0.2) is 5.78 Å². The summed E-state index contributed by atoms with van der Waals surface area (Å²) >= 11 is 7.06. The second-order valence-corrected chi connectivity index (χ2v) is 5.61. The maximum absolute atomic E-state index is 11.8. The van der Waals surface area contributed by atoms with Crippen molar-refractivity contribution < 1.29 is 4.79 Å². The van der Waals surface area contributed by atoms with E-state index in [2.05, 4.69) is 14.4 Å². The first-order valence-electron chi connectivity index (χ1n) is 6.03. The molecule has 0 saturated carbocycles. The van der Waals surface area contributed by atoms with Crippen molar-refractivity contribution in [1.29, 1.82) is 0 Å². The Labute approximate surface area is 131 Å². The fourth-order valence-electron chi connectivity index (χ4n) is 1.73. The van der Waals surface area contributed by atoms with Crippen LogP contribution in [-0.2, 0) is 4.79 Å². The van der Waals surface area contributed by atoms with Crippen LogP contribution in [0.1, 0.15) is 13.8 Å². The highest BCUT2D eigenvalue weighted by Gasteiger charge is 2.21. The molecule has 0 saturated heterocycles. The van der Waals surface area contributed by atoms with E-state index in [1.54, 1.807) is 26.0 Å². The number of halogens is 1. The largest absolute Gasteiger partial charge is 0.290 e. The predicted molar refractivity (Wildman–Crippen MR) is 85.4 cm³/mol. The van der Waals surface area contributed by atoms with Gasteiger partial charge in [-0.1, -0.05) is 16.7 Å². The summed E-state index contributed by atoms with van der Waals surface area (Å²) in [7, 11) is 0. The molecule has 5 nitrogen and oxygen atoms in total. The number of nitrogens with zero attached hydrogens (tertiary/aromatic N) is 4. The van der Waals surface area contributed by atoms with Crippen LogP contribution in [0, 0.1) is 0 Å². The molecule has 0 amide bonds. The minimum atomic E-state index is -0.162. The van der Waals surface area contributed by atoms with E-state index in [-0.39, 0.29) is 11.5 Å². The second kappa shape index (κ2) is 6.63. The first-order valence-corrected chi connectivity index (χ1v) is 7.18. The molecule has 0 fully saturated rings. The smallest absolute Gasteiger partial charge is 0.182 e. The fourth-order valence-corrected chi connectivity index (χ4v) is 2.54. The minimum absolute atomic E-state index is 0.162. The average Bonchev–Trinajstić information content (AvgIpc) is 2.46. The van der Waals surface area contributed by atoms with Crippen LogP contribution in [0.4, 0.5) is 0 Å². The van der Waals surface area contributed by atoms with Crippen molar-refractivity contribution in [3.63, 3.8) is 0 Å². The lowest BCUT2D eigenvalue weighted by Crippen LogP contribution is -2.15. The van der Waals surface area contributed by atoms with Crippen LogP contribution >= 0.6 is 23.5 Å². The Kier molecular flexibility index (Phi) is 4.85. The third-order valence-electron chi connectivity index (χ3n) is 2.87. The number of hydrogen-bond donors (Lipinski definition) is 0. The number of allylic oxidation sites excluding steroid dienone is 3. The standard InChI is InChI=1S/C14H11ClN4OS/c1-8-7-12(20)9(2)14(17-19-16)13(8)18-21-11-5-3-10(15)4-6-11/h3-7H,1-2H3. The molecule has 0 radical (unpaired) electrons. The molecule has 106 valence electrons. The fraction of sp³-hybridized carbons (Fsp3) is 0.143. The molecular formula is C14H11ClN4OS. The van der Waals surface area contributed by atoms with Crippen LogP contribution in [0.15, 0.2) is 61.6 Å². The van der Waals surface area contributed by atoms with Gasteiger partial charge in [-0.2, -0.15) is 0 Å². The zero-order chi connectivity index (χ0) is 15.4. The number of ketones is 1. The molecule has 7 heteroatoms. The normalized spacial score (nSPS) is 16.8. The molecule has 0 N–H and O–H groups in total. The van der Waals surface area contributed by atoms with E-state index in [4.69, 9.17) is 17.1 Å². The highest BCUT2D eigenvalue weighted by Crippen LogP contribution is 2.27. The maximum atomic E-state index is 11.8. The Bertz CT molecular complexity index is 728. The lowest BCUT2D eigenvalue weighted by molar-refractivity contribution is -0.111. The second-order valence-electron chi connectivity index (χ2n) is 4.34. The Hall–Kier alpha value is -2.01. The van der Waals surface area contributed by atoms with Crippen LogP contribution in [0.25, 0.3) is 10.4 Å². The van der Waals surface area contributed by atoms with Gasteiger partial charge in [-0.25, -0.2) is 4.40 Å². The van der Waals surface area contributed by atoms with Crippen LogP contribution in [0.2, 0.25) is 5.02 Å². The van der Waals surface area contributed by atoms with Gasteiger partial charge in [0.2, 0.25) is 0 Å². The van der Waals surface area contributed by atoms with Gasteiger partial charge >= 0.3 is 0 Å². The Morgan fingerprint density at radius 2 is 1.90 bits per heavy atom. The molecule has 0 aliphatic heterocycles. The van der Waals surface area contributed by atoms with Gasteiger partial charge in [-0.3, -0.25) is 4.79 Å². The summed E-state index contributed by atoms with van der Waals surface area (Å²) in [6.45, 7) is 3.39. The zero-order valence-corrected chi connectivity index (χ0v) is 12.9. The highest BCUT2D eigenvalue weighted by atomic mass is 35.5. The minimum Gasteiger partial charge on any atom is -0.290 e. The van der Waals surface area contributed by atoms with Crippen molar-refractivity contribution in [2.75, 3.05) is 0 Å².